The van der Waals surface area contributed by atoms with Crippen molar-refractivity contribution in [3.63, 3.8) is 0 Å². The minimum atomic E-state index is 0.506. The zero-order chi connectivity index (χ0) is 13.7. The summed E-state index contributed by atoms with van der Waals surface area (Å²) in [4.78, 5) is 2.14. The molecule has 17 heavy (non-hydrogen) atoms. The van der Waals surface area contributed by atoms with Crippen molar-refractivity contribution in [2.75, 3.05) is 13.3 Å². The molecule has 0 aromatic rings. The van der Waals surface area contributed by atoms with Gasteiger partial charge in [-0.25, -0.2) is 0 Å². The molecule has 0 N–H and O–H groups in total. The fraction of sp³-hybridized carbons (Fsp3) is 0.733. The zero-order valence-corrected chi connectivity index (χ0v) is 13.4. The second-order valence-electron chi connectivity index (χ2n) is 5.50. The quantitative estimate of drug-likeness (QED) is 0.653. The molecule has 100 valence electrons. The summed E-state index contributed by atoms with van der Waals surface area (Å²) >= 11 is 1.95. The van der Waals surface area contributed by atoms with E-state index in [9.17, 15) is 0 Å². The van der Waals surface area contributed by atoms with Crippen LogP contribution in [0.25, 0.3) is 0 Å². The van der Waals surface area contributed by atoms with Crippen LogP contribution in [0.5, 0.6) is 0 Å². The molecule has 0 heterocycles. The second kappa shape index (κ2) is 7.15. The lowest BCUT2D eigenvalue weighted by atomic mass is 9.84. The Hall–Kier alpha value is -0.370. The van der Waals surface area contributed by atoms with Gasteiger partial charge < -0.3 is 4.90 Å². The fourth-order valence-electron chi connectivity index (χ4n) is 2.26. The van der Waals surface area contributed by atoms with E-state index in [1.54, 1.807) is 0 Å². The van der Waals surface area contributed by atoms with Gasteiger partial charge in [0.25, 0.3) is 0 Å². The summed E-state index contributed by atoms with van der Waals surface area (Å²) in [5.74, 6) is 1.77. The molecular weight excluding hydrogens is 226 g/mol. The third kappa shape index (κ3) is 4.42. The number of rotatable bonds is 7. The first-order chi connectivity index (χ1) is 7.73. The number of nitrogens with zero attached hydrogens (tertiary/aromatic N) is 1. The van der Waals surface area contributed by atoms with Crippen LogP contribution in [0.3, 0.4) is 0 Å². The van der Waals surface area contributed by atoms with Gasteiger partial charge in [0.05, 0.1) is 0 Å². The molecular formula is C15H29NS. The summed E-state index contributed by atoms with van der Waals surface area (Å²) in [6, 6.07) is 0. The third-order valence-corrected chi connectivity index (χ3v) is 4.77. The summed E-state index contributed by atoms with van der Waals surface area (Å²) < 4.78 is 0. The van der Waals surface area contributed by atoms with E-state index in [4.69, 9.17) is 0 Å². The monoisotopic (exact) mass is 255 g/mol. The molecule has 0 saturated heterocycles. The van der Waals surface area contributed by atoms with E-state index in [2.05, 4.69) is 59.1 Å². The molecule has 0 aromatic carbocycles. The Bertz CT molecular complexity index is 268. The van der Waals surface area contributed by atoms with Crippen LogP contribution < -0.4 is 0 Å². The number of allylic oxidation sites excluding steroid dienone is 2. The first-order valence-corrected chi connectivity index (χ1v) is 7.63. The molecule has 0 fully saturated rings. The smallest absolute Gasteiger partial charge is 0.0153 e. The average molecular weight is 255 g/mol. The highest BCUT2D eigenvalue weighted by molar-refractivity contribution is 7.99. The fourth-order valence-corrected chi connectivity index (χ4v) is 3.56. The highest BCUT2D eigenvalue weighted by Gasteiger charge is 2.30. The van der Waals surface area contributed by atoms with Gasteiger partial charge in [0.2, 0.25) is 0 Å². The van der Waals surface area contributed by atoms with Gasteiger partial charge in [0, 0.05) is 29.6 Å². The number of hydrogen-bond donors (Lipinski definition) is 0. The molecule has 0 aliphatic heterocycles. The Morgan fingerprint density at radius 2 is 1.53 bits per heavy atom. The van der Waals surface area contributed by atoms with Gasteiger partial charge in [-0.2, -0.15) is 11.8 Å². The predicted molar refractivity (Wildman–Crippen MR) is 82.2 cm³/mol. The molecule has 2 atom stereocenters. The molecule has 2 unspecified atom stereocenters. The van der Waals surface area contributed by atoms with Crippen LogP contribution in [0.1, 0.15) is 34.6 Å². The molecule has 0 aliphatic rings. The van der Waals surface area contributed by atoms with Crippen molar-refractivity contribution in [3.05, 3.63) is 24.6 Å². The van der Waals surface area contributed by atoms with Crippen molar-refractivity contribution in [3.8, 4) is 0 Å². The molecule has 0 saturated carbocycles. The lowest BCUT2D eigenvalue weighted by molar-refractivity contribution is 0.314. The molecule has 0 spiro atoms. The van der Waals surface area contributed by atoms with Gasteiger partial charge in [-0.05, 0) is 25.0 Å². The first-order valence-electron chi connectivity index (χ1n) is 6.34. The van der Waals surface area contributed by atoms with E-state index in [1.165, 1.54) is 5.70 Å². The topological polar surface area (TPSA) is 3.24 Å². The minimum Gasteiger partial charge on any atom is -0.353 e. The van der Waals surface area contributed by atoms with E-state index in [1.807, 2.05) is 18.7 Å². The van der Waals surface area contributed by atoms with E-state index >= 15 is 0 Å². The molecule has 1 nitrogen and oxygen atoms in total. The summed E-state index contributed by atoms with van der Waals surface area (Å²) in [5, 5.41) is 0.615. The van der Waals surface area contributed by atoms with Crippen molar-refractivity contribution in [2.24, 2.45) is 17.8 Å². The Kier molecular flexibility index (Phi) is 6.99. The van der Waals surface area contributed by atoms with Crippen LogP contribution in [0.4, 0.5) is 0 Å². The highest BCUT2D eigenvalue weighted by atomic mass is 32.2. The lowest BCUT2D eigenvalue weighted by Crippen LogP contribution is -2.34. The van der Waals surface area contributed by atoms with Gasteiger partial charge in [0.15, 0.2) is 0 Å². The summed E-state index contributed by atoms with van der Waals surface area (Å²) in [7, 11) is 2.07. The molecule has 0 rings (SSSR count). The zero-order valence-electron chi connectivity index (χ0n) is 12.6. The van der Waals surface area contributed by atoms with Crippen LogP contribution in [0, 0.1) is 17.8 Å². The van der Waals surface area contributed by atoms with Crippen LogP contribution in [0.2, 0.25) is 0 Å². The molecule has 0 aliphatic carbocycles. The highest BCUT2D eigenvalue weighted by Crippen LogP contribution is 2.36. The Morgan fingerprint density at radius 3 is 1.76 bits per heavy atom. The van der Waals surface area contributed by atoms with Crippen molar-refractivity contribution in [1.82, 2.24) is 4.90 Å². The third-order valence-electron chi connectivity index (χ3n) is 3.39. The molecule has 0 aromatic heterocycles. The predicted octanol–water partition coefficient (Wildman–Crippen LogP) is 4.63. The Labute approximate surface area is 112 Å². The van der Waals surface area contributed by atoms with Gasteiger partial charge in [-0.15, -0.1) is 0 Å². The Balaban J connectivity index is 5.09. The van der Waals surface area contributed by atoms with Crippen LogP contribution in [-0.4, -0.2) is 23.5 Å². The van der Waals surface area contributed by atoms with Crippen molar-refractivity contribution >= 4 is 11.8 Å². The van der Waals surface area contributed by atoms with Gasteiger partial charge in [0.1, 0.15) is 0 Å². The normalized spacial score (nSPS) is 14.9. The summed E-state index contributed by atoms with van der Waals surface area (Å²) in [6.45, 7) is 19.5. The van der Waals surface area contributed by atoms with E-state index in [0.29, 0.717) is 23.0 Å². The van der Waals surface area contributed by atoms with Crippen LogP contribution in [-0.2, 0) is 0 Å². The number of hydrogen-bond acceptors (Lipinski definition) is 2. The van der Waals surface area contributed by atoms with E-state index < -0.39 is 0 Å². The largest absolute Gasteiger partial charge is 0.353 e. The maximum atomic E-state index is 4.30. The summed E-state index contributed by atoms with van der Waals surface area (Å²) in [5.41, 5.74) is 2.25. The first kappa shape index (κ1) is 16.6. The Morgan fingerprint density at radius 1 is 1.06 bits per heavy atom. The molecule has 2 heteroatoms. The maximum absolute atomic E-state index is 4.30. The molecule has 0 amide bonds. The second-order valence-corrected chi connectivity index (χ2v) is 6.52. The number of thioether (sulfide) groups is 1. The molecule has 0 bridgehead atoms. The average Bonchev–Trinajstić information content (AvgIpc) is 2.22. The minimum absolute atomic E-state index is 0.506. The summed E-state index contributed by atoms with van der Waals surface area (Å²) in [6.07, 6.45) is 2.20. The van der Waals surface area contributed by atoms with Gasteiger partial charge in [-0.3, -0.25) is 0 Å². The van der Waals surface area contributed by atoms with Crippen molar-refractivity contribution < 1.29 is 0 Å². The van der Waals surface area contributed by atoms with Crippen LogP contribution in [0.15, 0.2) is 24.6 Å². The maximum Gasteiger partial charge on any atom is 0.0153 e. The van der Waals surface area contributed by atoms with Gasteiger partial charge >= 0.3 is 0 Å². The van der Waals surface area contributed by atoms with Gasteiger partial charge in [-0.1, -0.05) is 40.9 Å². The van der Waals surface area contributed by atoms with Crippen LogP contribution >= 0.6 is 11.8 Å². The van der Waals surface area contributed by atoms with E-state index in [0.717, 1.165) is 5.70 Å². The van der Waals surface area contributed by atoms with E-state index in [-0.39, 0.29) is 0 Å². The molecule has 0 radical (unpaired) electrons. The van der Waals surface area contributed by atoms with Crippen molar-refractivity contribution in [2.45, 2.75) is 39.9 Å². The van der Waals surface area contributed by atoms with Crippen molar-refractivity contribution in [1.29, 1.82) is 0 Å². The standard InChI is InChI=1S/C15H29NS/c1-10(2)14(15(17-9)11(3)4)13(7)16(8)12(5)6/h10-11,14-15H,5,7H2,1-4,6,8-9H3. The lowest BCUT2D eigenvalue weighted by Gasteiger charge is -2.37. The SMILES string of the molecule is C=C(C)N(C)C(=C)C(C(C)C)C(SC)C(C)C.